The molecule has 0 aliphatic rings. The van der Waals surface area contributed by atoms with Crippen LogP contribution >= 0.6 is 15.9 Å². The van der Waals surface area contributed by atoms with E-state index in [2.05, 4.69) is 26.0 Å². The van der Waals surface area contributed by atoms with Gasteiger partial charge in [0.2, 0.25) is 0 Å². The molecule has 0 fully saturated rings. The third-order valence-electron chi connectivity index (χ3n) is 2.24. The molecule has 2 aromatic heterocycles. The normalized spacial score (nSPS) is 10.5. The van der Waals surface area contributed by atoms with Crippen LogP contribution in [0.25, 0.3) is 0 Å². The van der Waals surface area contributed by atoms with Gasteiger partial charge in [0.15, 0.2) is 0 Å². The zero-order valence-electron chi connectivity index (χ0n) is 8.31. The maximum absolute atomic E-state index is 5.71. The molecule has 0 saturated carbocycles. The fourth-order valence-electron chi connectivity index (χ4n) is 1.27. The molecule has 0 atom stereocenters. The average molecular weight is 267 g/mol. The van der Waals surface area contributed by atoms with Gasteiger partial charge in [0, 0.05) is 10.7 Å². The molecular weight excluding hydrogens is 256 g/mol. The molecule has 0 aromatic carbocycles. The first-order valence-electron chi connectivity index (χ1n) is 4.55. The van der Waals surface area contributed by atoms with Crippen LogP contribution in [0, 0.1) is 6.92 Å². The van der Waals surface area contributed by atoms with Crippen LogP contribution in [-0.2, 0) is 6.54 Å². The Bertz CT molecular complexity index is 461. The van der Waals surface area contributed by atoms with Crippen molar-refractivity contribution in [2.75, 3.05) is 5.73 Å². The van der Waals surface area contributed by atoms with E-state index in [4.69, 9.17) is 5.73 Å². The maximum Gasteiger partial charge on any atom is 0.0835 e. The molecule has 0 unspecified atom stereocenters. The first-order chi connectivity index (χ1) is 7.16. The second-order valence-electron chi connectivity index (χ2n) is 3.31. The Morgan fingerprint density at radius 1 is 1.40 bits per heavy atom. The van der Waals surface area contributed by atoms with E-state index in [1.807, 2.05) is 23.7 Å². The number of hydrogen-bond donors (Lipinski definition) is 1. The Hall–Kier alpha value is -1.36. The van der Waals surface area contributed by atoms with E-state index in [-0.39, 0.29) is 0 Å². The van der Waals surface area contributed by atoms with Gasteiger partial charge in [-0.2, -0.15) is 5.10 Å². The Labute approximate surface area is 96.3 Å². The molecule has 0 bridgehead atoms. The van der Waals surface area contributed by atoms with E-state index >= 15 is 0 Å². The highest BCUT2D eigenvalue weighted by Crippen LogP contribution is 2.12. The average Bonchev–Trinajstić information content (AvgIpc) is 2.53. The highest BCUT2D eigenvalue weighted by molar-refractivity contribution is 9.10. The lowest BCUT2D eigenvalue weighted by Crippen LogP contribution is -2.05. The molecule has 0 saturated heterocycles. The lowest BCUT2D eigenvalue weighted by atomic mass is 10.3. The van der Waals surface area contributed by atoms with E-state index in [9.17, 15) is 0 Å². The summed E-state index contributed by atoms with van der Waals surface area (Å²) >= 11 is 3.34. The van der Waals surface area contributed by atoms with Crippen LogP contribution in [0.4, 0.5) is 5.69 Å². The van der Waals surface area contributed by atoms with Crippen molar-refractivity contribution >= 4 is 21.6 Å². The summed E-state index contributed by atoms with van der Waals surface area (Å²) in [6, 6.07) is 3.92. The summed E-state index contributed by atoms with van der Waals surface area (Å²) in [5.74, 6) is 0. The van der Waals surface area contributed by atoms with Gasteiger partial charge in [-0.1, -0.05) is 0 Å². The van der Waals surface area contributed by atoms with Crippen molar-refractivity contribution in [1.29, 1.82) is 0 Å². The monoisotopic (exact) mass is 266 g/mol. The zero-order valence-corrected chi connectivity index (χ0v) is 9.90. The fraction of sp³-hybridized carbons (Fsp3) is 0.200. The predicted molar refractivity (Wildman–Crippen MR) is 62.4 cm³/mol. The Balaban J connectivity index is 2.22. The standard InChI is InChI=1S/C10H11BrN4/c1-7-10(12)5-14-15(7)6-9-3-2-8(11)4-13-9/h2-5H,6,12H2,1H3. The zero-order chi connectivity index (χ0) is 10.8. The van der Waals surface area contributed by atoms with Gasteiger partial charge in [0.1, 0.15) is 0 Å². The number of nitrogens with zero attached hydrogens (tertiary/aromatic N) is 3. The van der Waals surface area contributed by atoms with E-state index < -0.39 is 0 Å². The SMILES string of the molecule is Cc1c(N)cnn1Cc1ccc(Br)cn1. The van der Waals surface area contributed by atoms with Gasteiger partial charge in [-0.25, -0.2) is 0 Å². The van der Waals surface area contributed by atoms with Crippen molar-refractivity contribution in [1.82, 2.24) is 14.8 Å². The summed E-state index contributed by atoms with van der Waals surface area (Å²) < 4.78 is 2.81. The number of nitrogens with two attached hydrogens (primary N) is 1. The molecule has 5 heteroatoms. The Morgan fingerprint density at radius 3 is 2.73 bits per heavy atom. The minimum absolute atomic E-state index is 0.649. The summed E-state index contributed by atoms with van der Waals surface area (Å²) in [6.07, 6.45) is 3.44. The van der Waals surface area contributed by atoms with Gasteiger partial charge in [0.05, 0.1) is 29.8 Å². The van der Waals surface area contributed by atoms with Crippen LogP contribution in [0.1, 0.15) is 11.4 Å². The van der Waals surface area contributed by atoms with Crippen molar-refractivity contribution in [3.05, 3.63) is 40.4 Å². The maximum atomic E-state index is 5.71. The quantitative estimate of drug-likeness (QED) is 0.905. The van der Waals surface area contributed by atoms with E-state index in [1.54, 1.807) is 12.4 Å². The van der Waals surface area contributed by atoms with Gasteiger partial charge in [-0.3, -0.25) is 9.67 Å². The third kappa shape index (κ3) is 2.18. The highest BCUT2D eigenvalue weighted by Gasteiger charge is 2.03. The van der Waals surface area contributed by atoms with Gasteiger partial charge in [0.25, 0.3) is 0 Å². The second-order valence-corrected chi connectivity index (χ2v) is 4.23. The van der Waals surface area contributed by atoms with Crippen LogP contribution < -0.4 is 5.73 Å². The van der Waals surface area contributed by atoms with Gasteiger partial charge in [-0.05, 0) is 35.0 Å². The Kier molecular flexibility index (Phi) is 2.73. The summed E-state index contributed by atoms with van der Waals surface area (Å²) in [5.41, 5.74) is 8.36. The molecule has 0 amide bonds. The van der Waals surface area contributed by atoms with Crippen molar-refractivity contribution < 1.29 is 0 Å². The van der Waals surface area contributed by atoms with Crippen LogP contribution in [0.3, 0.4) is 0 Å². The summed E-state index contributed by atoms with van der Waals surface area (Å²) in [6.45, 7) is 2.59. The molecule has 2 heterocycles. The summed E-state index contributed by atoms with van der Waals surface area (Å²) in [5, 5.41) is 4.17. The smallest absolute Gasteiger partial charge is 0.0835 e. The summed E-state index contributed by atoms with van der Waals surface area (Å²) in [4.78, 5) is 4.28. The van der Waals surface area contributed by atoms with Gasteiger partial charge < -0.3 is 5.73 Å². The molecule has 0 aliphatic carbocycles. The fourth-order valence-corrected chi connectivity index (χ4v) is 1.51. The first kappa shape index (κ1) is 10.2. The molecule has 2 N–H and O–H groups in total. The lowest BCUT2D eigenvalue weighted by Gasteiger charge is -2.03. The minimum Gasteiger partial charge on any atom is -0.396 e. The van der Waals surface area contributed by atoms with Crippen LogP contribution in [0.2, 0.25) is 0 Å². The van der Waals surface area contributed by atoms with E-state index in [0.717, 1.165) is 15.9 Å². The largest absolute Gasteiger partial charge is 0.396 e. The van der Waals surface area contributed by atoms with E-state index in [0.29, 0.717) is 12.2 Å². The van der Waals surface area contributed by atoms with Crippen LogP contribution in [0.5, 0.6) is 0 Å². The molecule has 4 nitrogen and oxygen atoms in total. The Morgan fingerprint density at radius 2 is 2.20 bits per heavy atom. The second kappa shape index (κ2) is 4.02. The summed E-state index contributed by atoms with van der Waals surface area (Å²) in [7, 11) is 0. The number of pyridine rings is 1. The van der Waals surface area contributed by atoms with Crippen molar-refractivity contribution in [2.45, 2.75) is 13.5 Å². The number of hydrogen-bond acceptors (Lipinski definition) is 3. The van der Waals surface area contributed by atoms with Gasteiger partial charge >= 0.3 is 0 Å². The highest BCUT2D eigenvalue weighted by atomic mass is 79.9. The molecule has 78 valence electrons. The predicted octanol–water partition coefficient (Wildman–Crippen LogP) is 1.98. The number of halogens is 1. The van der Waals surface area contributed by atoms with Crippen molar-refractivity contribution in [3.8, 4) is 0 Å². The van der Waals surface area contributed by atoms with Crippen molar-refractivity contribution in [3.63, 3.8) is 0 Å². The van der Waals surface area contributed by atoms with E-state index in [1.165, 1.54) is 0 Å². The molecule has 0 spiro atoms. The number of aromatic nitrogens is 3. The lowest BCUT2D eigenvalue weighted by molar-refractivity contribution is 0.653. The minimum atomic E-state index is 0.649. The molecule has 2 aromatic rings. The number of anilines is 1. The van der Waals surface area contributed by atoms with Crippen molar-refractivity contribution in [2.24, 2.45) is 0 Å². The molecule has 0 aliphatic heterocycles. The topological polar surface area (TPSA) is 56.7 Å². The molecule has 15 heavy (non-hydrogen) atoms. The first-order valence-corrected chi connectivity index (χ1v) is 5.34. The molecular formula is C10H11BrN4. The number of rotatable bonds is 2. The molecule has 0 radical (unpaired) electrons. The molecule has 2 rings (SSSR count). The third-order valence-corrected chi connectivity index (χ3v) is 2.71. The van der Waals surface area contributed by atoms with Gasteiger partial charge in [-0.15, -0.1) is 0 Å². The van der Waals surface area contributed by atoms with Crippen LogP contribution in [-0.4, -0.2) is 14.8 Å². The number of nitrogen functional groups attached to an aromatic ring is 1. The van der Waals surface area contributed by atoms with Crippen LogP contribution in [0.15, 0.2) is 29.0 Å².